The van der Waals surface area contributed by atoms with E-state index in [-0.39, 0.29) is 0 Å². The van der Waals surface area contributed by atoms with Crippen LogP contribution in [0.1, 0.15) is 13.8 Å². The van der Waals surface area contributed by atoms with Gasteiger partial charge in [0.2, 0.25) is 0 Å². The first-order chi connectivity index (χ1) is 8.22. The Morgan fingerprint density at radius 2 is 2.00 bits per heavy atom. The minimum Gasteiger partial charge on any atom is -0.382 e. The highest BCUT2D eigenvalue weighted by Gasteiger charge is 2.11. The zero-order chi connectivity index (χ0) is 12.3. The number of hydrogen-bond donors (Lipinski definition) is 1. The van der Waals surface area contributed by atoms with Gasteiger partial charge in [-0.05, 0) is 25.0 Å². The highest BCUT2D eigenvalue weighted by molar-refractivity contribution is 9.09. The van der Waals surface area contributed by atoms with Crippen molar-refractivity contribution >= 4 is 32.5 Å². The van der Waals surface area contributed by atoms with Crippen molar-refractivity contribution in [2.75, 3.05) is 10.6 Å². The van der Waals surface area contributed by atoms with Crippen LogP contribution in [0.25, 0.3) is 10.9 Å². The number of fused-ring (bicyclic) bond motifs is 1. The van der Waals surface area contributed by atoms with Crippen LogP contribution in [0.3, 0.4) is 0 Å². The van der Waals surface area contributed by atoms with Gasteiger partial charge >= 0.3 is 0 Å². The maximum atomic E-state index is 4.36. The molecule has 0 amide bonds. The van der Waals surface area contributed by atoms with Crippen LogP contribution in [-0.2, 0) is 0 Å². The SMILES string of the molecule is CC(CBr)C(C)Nc1ccnc2ccccc12. The minimum atomic E-state index is 0.431. The molecule has 0 radical (unpaired) electrons. The number of benzene rings is 1. The molecule has 1 aromatic carbocycles. The number of halogens is 1. The molecule has 0 aliphatic carbocycles. The van der Waals surface area contributed by atoms with Crippen molar-refractivity contribution in [1.29, 1.82) is 0 Å². The van der Waals surface area contributed by atoms with Gasteiger partial charge in [0.1, 0.15) is 0 Å². The molecule has 0 saturated heterocycles. The van der Waals surface area contributed by atoms with E-state index in [0.29, 0.717) is 12.0 Å². The zero-order valence-electron chi connectivity index (χ0n) is 10.2. The van der Waals surface area contributed by atoms with Crippen molar-refractivity contribution in [3.8, 4) is 0 Å². The molecule has 2 unspecified atom stereocenters. The molecule has 0 spiro atoms. The fraction of sp³-hybridized carbons (Fsp3) is 0.357. The normalized spacial score (nSPS) is 14.5. The second kappa shape index (κ2) is 5.50. The summed E-state index contributed by atoms with van der Waals surface area (Å²) in [7, 11) is 0. The third-order valence-corrected chi connectivity index (χ3v) is 4.15. The first-order valence-electron chi connectivity index (χ1n) is 5.88. The van der Waals surface area contributed by atoms with Gasteiger partial charge in [0.25, 0.3) is 0 Å². The Balaban J connectivity index is 2.30. The lowest BCUT2D eigenvalue weighted by Gasteiger charge is -2.21. The molecule has 1 aromatic heterocycles. The molecule has 3 heteroatoms. The van der Waals surface area contributed by atoms with Gasteiger partial charge < -0.3 is 5.32 Å². The van der Waals surface area contributed by atoms with E-state index >= 15 is 0 Å². The number of nitrogens with one attached hydrogen (secondary N) is 1. The van der Waals surface area contributed by atoms with E-state index < -0.39 is 0 Å². The molecule has 1 heterocycles. The van der Waals surface area contributed by atoms with Crippen LogP contribution in [0.15, 0.2) is 36.5 Å². The van der Waals surface area contributed by atoms with Gasteiger partial charge in [-0.25, -0.2) is 0 Å². The molecule has 0 bridgehead atoms. The molecule has 1 N–H and O–H groups in total. The lowest BCUT2D eigenvalue weighted by atomic mass is 10.1. The van der Waals surface area contributed by atoms with Crippen molar-refractivity contribution in [2.45, 2.75) is 19.9 Å². The largest absolute Gasteiger partial charge is 0.382 e. The van der Waals surface area contributed by atoms with Crippen LogP contribution in [0.4, 0.5) is 5.69 Å². The van der Waals surface area contributed by atoms with Gasteiger partial charge in [-0.3, -0.25) is 4.98 Å². The number of hydrogen-bond acceptors (Lipinski definition) is 2. The Morgan fingerprint density at radius 3 is 2.76 bits per heavy atom. The Labute approximate surface area is 111 Å². The van der Waals surface area contributed by atoms with Gasteiger partial charge in [0.05, 0.1) is 5.52 Å². The van der Waals surface area contributed by atoms with E-state index in [9.17, 15) is 0 Å². The molecule has 0 aliphatic rings. The summed E-state index contributed by atoms with van der Waals surface area (Å²) >= 11 is 3.53. The summed E-state index contributed by atoms with van der Waals surface area (Å²) in [5.41, 5.74) is 2.20. The minimum absolute atomic E-state index is 0.431. The maximum absolute atomic E-state index is 4.36. The highest BCUT2D eigenvalue weighted by Crippen LogP contribution is 2.23. The Bertz CT molecular complexity index is 493. The van der Waals surface area contributed by atoms with Gasteiger partial charge in [-0.1, -0.05) is 41.1 Å². The van der Waals surface area contributed by atoms with E-state index in [0.717, 1.165) is 16.5 Å². The molecule has 0 saturated carbocycles. The summed E-state index contributed by atoms with van der Waals surface area (Å²) in [6.45, 7) is 4.44. The van der Waals surface area contributed by atoms with Crippen molar-refractivity contribution in [2.24, 2.45) is 5.92 Å². The number of para-hydroxylation sites is 1. The molecule has 2 nitrogen and oxygen atoms in total. The van der Waals surface area contributed by atoms with Crippen LogP contribution in [0.5, 0.6) is 0 Å². The van der Waals surface area contributed by atoms with Crippen LogP contribution >= 0.6 is 15.9 Å². The fourth-order valence-electron chi connectivity index (χ4n) is 1.74. The lowest BCUT2D eigenvalue weighted by molar-refractivity contribution is 0.573. The van der Waals surface area contributed by atoms with Crippen LogP contribution in [0, 0.1) is 5.92 Å². The Morgan fingerprint density at radius 1 is 1.24 bits per heavy atom. The second-order valence-corrected chi connectivity index (χ2v) is 5.09. The van der Waals surface area contributed by atoms with Gasteiger partial charge in [0, 0.05) is 28.6 Å². The second-order valence-electron chi connectivity index (χ2n) is 4.44. The molecule has 0 aliphatic heterocycles. The molecular formula is C14H17BrN2. The molecule has 2 rings (SSSR count). The number of aromatic nitrogens is 1. The molecule has 2 atom stereocenters. The van der Waals surface area contributed by atoms with Crippen LogP contribution < -0.4 is 5.32 Å². The van der Waals surface area contributed by atoms with E-state index in [1.165, 1.54) is 5.39 Å². The third kappa shape index (κ3) is 2.78. The van der Waals surface area contributed by atoms with E-state index in [2.05, 4.69) is 46.1 Å². The zero-order valence-corrected chi connectivity index (χ0v) is 11.7. The summed E-state index contributed by atoms with van der Waals surface area (Å²) in [6.07, 6.45) is 1.86. The molecule has 0 fully saturated rings. The number of anilines is 1. The topological polar surface area (TPSA) is 24.9 Å². The van der Waals surface area contributed by atoms with Crippen molar-refractivity contribution < 1.29 is 0 Å². The van der Waals surface area contributed by atoms with Gasteiger partial charge in [-0.15, -0.1) is 0 Å². The number of rotatable bonds is 4. The Hall–Kier alpha value is -1.09. The summed E-state index contributed by atoms with van der Waals surface area (Å²) < 4.78 is 0. The standard InChI is InChI=1S/C14H17BrN2/c1-10(9-15)11(2)17-14-7-8-16-13-6-4-3-5-12(13)14/h3-8,10-11H,9H2,1-2H3,(H,16,17). The summed E-state index contributed by atoms with van der Waals surface area (Å²) in [4.78, 5) is 4.36. The van der Waals surface area contributed by atoms with Crippen molar-refractivity contribution in [3.63, 3.8) is 0 Å². The molecule has 17 heavy (non-hydrogen) atoms. The predicted octanol–water partition coefficient (Wildman–Crippen LogP) is 4.07. The quantitative estimate of drug-likeness (QED) is 0.860. The first kappa shape index (κ1) is 12.4. The molecular weight excluding hydrogens is 276 g/mol. The van der Waals surface area contributed by atoms with Crippen LogP contribution in [0.2, 0.25) is 0 Å². The van der Waals surface area contributed by atoms with Crippen molar-refractivity contribution in [1.82, 2.24) is 4.98 Å². The third-order valence-electron chi connectivity index (χ3n) is 3.13. The lowest BCUT2D eigenvalue weighted by Crippen LogP contribution is -2.24. The first-order valence-corrected chi connectivity index (χ1v) is 7.00. The number of nitrogens with zero attached hydrogens (tertiary/aromatic N) is 1. The van der Waals surface area contributed by atoms with Gasteiger partial charge in [0.15, 0.2) is 0 Å². The fourth-order valence-corrected chi connectivity index (χ4v) is 2.30. The smallest absolute Gasteiger partial charge is 0.0722 e. The van der Waals surface area contributed by atoms with E-state index in [1.54, 1.807) is 0 Å². The summed E-state index contributed by atoms with van der Waals surface area (Å²) in [6, 6.07) is 10.7. The van der Waals surface area contributed by atoms with Crippen molar-refractivity contribution in [3.05, 3.63) is 36.5 Å². The summed E-state index contributed by atoms with van der Waals surface area (Å²) in [5.74, 6) is 0.585. The number of pyridine rings is 1. The van der Waals surface area contributed by atoms with E-state index in [1.807, 2.05) is 30.5 Å². The molecule has 2 aromatic rings. The maximum Gasteiger partial charge on any atom is 0.0722 e. The van der Waals surface area contributed by atoms with Gasteiger partial charge in [-0.2, -0.15) is 0 Å². The van der Waals surface area contributed by atoms with Crippen LogP contribution in [-0.4, -0.2) is 16.4 Å². The highest BCUT2D eigenvalue weighted by atomic mass is 79.9. The monoisotopic (exact) mass is 292 g/mol. The average Bonchev–Trinajstić information content (AvgIpc) is 2.38. The van der Waals surface area contributed by atoms with E-state index in [4.69, 9.17) is 0 Å². The Kier molecular flexibility index (Phi) is 4.00. The number of alkyl halides is 1. The predicted molar refractivity (Wildman–Crippen MR) is 77.8 cm³/mol. The average molecular weight is 293 g/mol. The summed E-state index contributed by atoms with van der Waals surface area (Å²) in [5, 5.41) is 5.75. The molecule has 90 valence electrons.